The Kier molecular flexibility index (Phi) is 57.6. The molecule has 32 heteroatoms. The molecule has 0 bridgehead atoms. The van der Waals surface area contributed by atoms with Gasteiger partial charge >= 0.3 is 34.1 Å². The zero-order valence-corrected chi connectivity index (χ0v) is 81.2. The van der Waals surface area contributed by atoms with E-state index in [-0.39, 0.29) is 55.5 Å². The average molecular weight is 2200 g/mol. The molecule has 14 aromatic rings. The molecule has 0 unspecified atom stereocenters. The molecule has 12 nitrogen and oxygen atoms in total. The number of hydrogen-bond donors (Lipinski definition) is 0. The van der Waals surface area contributed by atoms with Crippen LogP contribution in [-0.2, 0) is 34.1 Å². The van der Waals surface area contributed by atoms with E-state index in [2.05, 4.69) is 351 Å². The molecule has 0 radical (unpaired) electrons. The molecule has 4 heterocycles. The summed E-state index contributed by atoms with van der Waals surface area (Å²) in [5.41, 5.74) is 3.75. The zero-order valence-electron chi connectivity index (χ0n) is 61.5. The van der Waals surface area contributed by atoms with E-state index in [4.69, 9.17) is 130 Å². The van der Waals surface area contributed by atoms with Crippen LogP contribution in [0.15, 0.2) is 334 Å². The third kappa shape index (κ3) is 42.9. The normalized spacial score (nSPS) is 10.5. The molecule has 0 spiro atoms. The summed E-state index contributed by atoms with van der Waals surface area (Å²) in [6, 6.07) is 106. The molecular weight excluding hydrogens is 2120 g/mol. The fraction of sp³-hybridized carbons (Fsp3) is 0.143. The van der Waals surface area contributed by atoms with Crippen molar-refractivity contribution < 1.29 is 91.9 Å². The first-order valence-corrected chi connectivity index (χ1v) is 51.3. The first-order chi connectivity index (χ1) is 55.0. The molecule has 0 aliphatic carbocycles. The Morgan fingerprint density at radius 1 is 0.233 bits per heavy atom. The van der Waals surface area contributed by atoms with Gasteiger partial charge in [-0.15, -0.1) is 113 Å². The second-order valence-electron chi connectivity index (χ2n) is 23.4. The van der Waals surface area contributed by atoms with Gasteiger partial charge < -0.3 is 0 Å². The first kappa shape index (κ1) is 107. The zero-order chi connectivity index (χ0) is 82.9. The van der Waals surface area contributed by atoms with Crippen LogP contribution in [0, 0.1) is 20.5 Å². The molecule has 0 atom stereocenters. The summed E-state index contributed by atoms with van der Waals surface area (Å²) >= 11 is 51.8. The van der Waals surface area contributed by atoms with E-state index in [0.717, 1.165) is 61.5 Å². The van der Waals surface area contributed by atoms with E-state index in [1.165, 1.54) is 92.8 Å². The van der Waals surface area contributed by atoms with Crippen molar-refractivity contribution in [1.29, 1.82) is 0 Å². The van der Waals surface area contributed by atoms with Crippen molar-refractivity contribution in [1.82, 2.24) is 19.9 Å². The van der Waals surface area contributed by atoms with E-state index in [9.17, 15) is 0 Å². The minimum absolute atomic E-state index is 0. The molecule has 620 valence electrons. The van der Waals surface area contributed by atoms with Crippen LogP contribution < -0.4 is 79.7 Å². The van der Waals surface area contributed by atoms with Crippen molar-refractivity contribution in [3.63, 3.8) is 0 Å². The minimum Gasteiger partial charge on any atom is -0.253 e. The van der Waals surface area contributed by atoms with E-state index >= 15 is 0 Å². The standard InChI is InChI=1S/2C28H28P2.2C12H6Br2N2.4CH2Cl2.2ClHO4.2Cu/c2*1-5-15-25(16-6-1)29(26-17-7-2-8-18-26)23-13-14-24-30(27-19-9-3-10-20-27)28-21-11-4-12-22-28;2*13-9-3-7-1-2-8-4-10(14)6-16-12(8)11(7)15-5-9;4*2-1-3;2*2-1(3,4)5;;/h2*1-12,15-22H,13-14,23-24H2;2*1-6H;4*1H2;2*(H,2,3,4,5);;/q;;;;;;;;;;2*+1/p+2. The van der Waals surface area contributed by atoms with Gasteiger partial charge in [0.05, 0.1) is 142 Å². The number of aromatic nitrogens is 4. The summed E-state index contributed by atoms with van der Waals surface area (Å²) in [5, 5.41) is 17.4. The molecule has 0 saturated heterocycles. The van der Waals surface area contributed by atoms with Gasteiger partial charge in [0.25, 0.3) is 0 Å². The van der Waals surface area contributed by atoms with Gasteiger partial charge in [-0.2, -0.15) is 0 Å². The molecule has 0 aliphatic heterocycles. The number of halogens is 14. The van der Waals surface area contributed by atoms with Crippen molar-refractivity contribution in [3.05, 3.63) is 334 Å². The van der Waals surface area contributed by atoms with E-state index < -0.39 is 52.2 Å². The SMILES string of the molecule is Brc1cnc2c(ccc3cc(Br)cnc32)c1.Brc1cnc2c(ccc3cc(Br)cnc32)c1.ClCCl.ClCCl.ClCCl.ClCCl.[Cu+].[Cu+].[O-][Cl+3]([O-])([O-])[O-].[O-][Cl+3]([O-])([O-])[O-].c1ccc([PH+](CCCC[PH+](c2ccccc2)c2ccccc2)c2ccccc2)cc1.c1ccc([PH+](CCCC[PH+](c2ccccc2)c2ccccc2)c2ccccc2)cc1. The third-order valence-corrected chi connectivity index (χ3v) is 29.4. The largest absolute Gasteiger partial charge is 1.00 e. The van der Waals surface area contributed by atoms with Crippen LogP contribution >= 0.6 is 188 Å². The number of unbranched alkanes of at least 4 members (excludes halogenated alkanes) is 2. The molecule has 0 N–H and O–H groups in total. The summed E-state index contributed by atoms with van der Waals surface area (Å²) < 4.78 is 71.9. The molecule has 0 fully saturated rings. The second-order valence-corrected chi connectivity index (χ2v) is 42.3. The van der Waals surface area contributed by atoms with Crippen molar-refractivity contribution in [2.24, 2.45) is 0 Å². The number of pyridine rings is 4. The Hall–Kier alpha value is -2.90. The molecule has 0 saturated carbocycles. The summed E-state index contributed by atoms with van der Waals surface area (Å²) in [5.74, 6) is 0. The Labute approximate surface area is 782 Å². The molecule has 116 heavy (non-hydrogen) atoms. The van der Waals surface area contributed by atoms with Crippen LogP contribution in [0.3, 0.4) is 0 Å². The third-order valence-electron chi connectivity index (χ3n) is 16.1. The Morgan fingerprint density at radius 2 is 0.353 bits per heavy atom. The van der Waals surface area contributed by atoms with Crippen molar-refractivity contribution in [3.8, 4) is 0 Å². The van der Waals surface area contributed by atoms with Gasteiger partial charge in [0.1, 0.15) is 0 Å². The average Bonchev–Trinajstić information content (AvgIpc) is 0.790. The Morgan fingerprint density at radius 3 is 0.474 bits per heavy atom. The van der Waals surface area contributed by atoms with Gasteiger partial charge in [-0.25, -0.2) is 37.3 Å². The summed E-state index contributed by atoms with van der Waals surface area (Å²) in [6.07, 6.45) is 17.6. The first-order valence-electron chi connectivity index (χ1n) is 34.5. The molecule has 10 aromatic carbocycles. The smallest absolute Gasteiger partial charge is 0.253 e. The maximum absolute atomic E-state index is 8.49. The monoisotopic (exact) mass is 2190 g/mol. The van der Waals surface area contributed by atoms with Gasteiger partial charge in [0.2, 0.25) is 0 Å². The predicted molar refractivity (Wildman–Crippen MR) is 491 cm³/mol. The number of alkyl halides is 8. The Bertz CT molecular complexity index is 4160. The number of hydrogen-bond acceptors (Lipinski definition) is 12. The van der Waals surface area contributed by atoms with Crippen LogP contribution in [0.4, 0.5) is 0 Å². The van der Waals surface area contributed by atoms with E-state index in [1.54, 1.807) is 24.8 Å². The summed E-state index contributed by atoms with van der Waals surface area (Å²) in [6.45, 7) is 0. The molecular formula is C84H80Br4Cl10Cu2N4O8P4+4. The van der Waals surface area contributed by atoms with Gasteiger partial charge in [0, 0.05) is 64.2 Å². The van der Waals surface area contributed by atoms with E-state index in [0.29, 0.717) is 0 Å². The quantitative estimate of drug-likeness (QED) is 0.0256. The maximum Gasteiger partial charge on any atom is 1.00 e. The van der Waals surface area contributed by atoms with Gasteiger partial charge in [-0.1, -0.05) is 170 Å². The van der Waals surface area contributed by atoms with Crippen molar-refractivity contribution >= 4 is 274 Å². The number of benzene rings is 10. The van der Waals surface area contributed by atoms with E-state index in [1.807, 2.05) is 24.3 Å². The number of rotatable bonds is 18. The number of nitrogens with zero attached hydrogens (tertiary/aromatic N) is 4. The fourth-order valence-electron chi connectivity index (χ4n) is 11.6. The summed E-state index contributed by atoms with van der Waals surface area (Å²) in [4.78, 5) is 17.7. The minimum atomic E-state index is -4.94. The van der Waals surface area contributed by atoms with Crippen LogP contribution in [0.2, 0.25) is 0 Å². The van der Waals surface area contributed by atoms with Crippen molar-refractivity contribution in [2.75, 3.05) is 46.0 Å². The topological polar surface area (TPSA) is 236 Å². The van der Waals surface area contributed by atoms with Crippen molar-refractivity contribution in [2.45, 2.75) is 25.7 Å². The maximum atomic E-state index is 8.49. The van der Waals surface area contributed by atoms with Gasteiger partial charge in [-0.3, -0.25) is 19.9 Å². The van der Waals surface area contributed by atoms with Crippen LogP contribution in [0.5, 0.6) is 0 Å². The van der Waals surface area contributed by atoms with Gasteiger partial charge in [0.15, 0.2) is 0 Å². The van der Waals surface area contributed by atoms with Crippen LogP contribution in [0.1, 0.15) is 25.7 Å². The molecule has 14 rings (SSSR count). The summed E-state index contributed by atoms with van der Waals surface area (Å²) in [7, 11) is -12.7. The number of fused-ring (bicyclic) bond motifs is 6. The predicted octanol–water partition coefficient (Wildman–Crippen LogP) is 15.8. The molecule has 0 aliphatic rings. The Balaban J connectivity index is 0.000000375. The fourth-order valence-corrected chi connectivity index (χ4v) is 23.8. The van der Waals surface area contributed by atoms with Gasteiger partial charge in [-0.05, 0) is 211 Å². The van der Waals surface area contributed by atoms with Crippen LogP contribution in [0.25, 0.3) is 43.6 Å². The van der Waals surface area contributed by atoms with Crippen LogP contribution in [-0.4, -0.2) is 65.9 Å². The molecule has 0 amide bonds. The molecule has 4 aromatic heterocycles. The second kappa shape index (κ2) is 62.2.